The van der Waals surface area contributed by atoms with Gasteiger partial charge in [0.25, 0.3) is 0 Å². The van der Waals surface area contributed by atoms with E-state index in [-0.39, 0.29) is 0 Å². The highest BCUT2D eigenvalue weighted by molar-refractivity contribution is 6.24. The van der Waals surface area contributed by atoms with E-state index in [2.05, 4.69) is 143 Å². The predicted octanol–water partition coefficient (Wildman–Crippen LogP) is 11.6. The molecule has 0 aliphatic heterocycles. The number of hydrogen-bond acceptors (Lipinski definition) is 2. The number of rotatable bonds is 3. The Bertz CT molecular complexity index is 2970. The van der Waals surface area contributed by atoms with Gasteiger partial charge < -0.3 is 13.6 Å². The summed E-state index contributed by atoms with van der Waals surface area (Å²) >= 11 is 0. The molecule has 3 aromatic heterocycles. The molecule has 0 bridgehead atoms. The van der Waals surface area contributed by atoms with Crippen LogP contribution in [0.3, 0.4) is 0 Å². The van der Waals surface area contributed by atoms with E-state index in [0.717, 1.165) is 82.5 Å². The summed E-state index contributed by atoms with van der Waals surface area (Å²) in [6.07, 6.45) is 0. The van der Waals surface area contributed by atoms with Gasteiger partial charge in [-0.3, -0.25) is 0 Å². The predicted molar refractivity (Wildman–Crippen MR) is 197 cm³/mol. The van der Waals surface area contributed by atoms with Crippen LogP contribution >= 0.6 is 0 Å². The zero-order valence-electron chi connectivity index (χ0n) is 26.1. The van der Waals surface area contributed by atoms with Crippen LogP contribution in [0.4, 0.5) is 0 Å². The molecular weight excluding hydrogens is 587 g/mol. The van der Waals surface area contributed by atoms with Gasteiger partial charge in [-0.2, -0.15) is 5.26 Å². The van der Waals surface area contributed by atoms with E-state index in [4.69, 9.17) is 4.42 Å². The molecule has 7 aromatic carbocycles. The van der Waals surface area contributed by atoms with Crippen LogP contribution in [0.25, 0.3) is 88.1 Å². The van der Waals surface area contributed by atoms with Crippen LogP contribution in [0.2, 0.25) is 0 Å². The summed E-state index contributed by atoms with van der Waals surface area (Å²) in [5.41, 5.74) is 12.6. The molecule has 0 aliphatic rings. The van der Waals surface area contributed by atoms with Crippen LogP contribution in [-0.2, 0) is 0 Å². The van der Waals surface area contributed by atoms with Gasteiger partial charge in [-0.05, 0) is 84.8 Å². The quantitative estimate of drug-likeness (QED) is 0.199. The number of nitriles is 1. The van der Waals surface area contributed by atoms with Crippen molar-refractivity contribution in [2.45, 2.75) is 6.92 Å². The van der Waals surface area contributed by atoms with E-state index in [9.17, 15) is 5.26 Å². The maximum absolute atomic E-state index is 9.70. The fraction of sp³-hybridized carbons (Fsp3) is 0.0227. The Kier molecular flexibility index (Phi) is 5.53. The van der Waals surface area contributed by atoms with Gasteiger partial charge in [-0.25, -0.2) is 0 Å². The summed E-state index contributed by atoms with van der Waals surface area (Å²) in [4.78, 5) is 0. The SMILES string of the molecule is Cc1cccc(-n2c3ccccc3c3cc(C#N)ccc32)c1-c1ccc2c3c4oc5ccccc5c4ccc3n(-c3ccccc3)c2c1. The second-order valence-corrected chi connectivity index (χ2v) is 12.5. The second kappa shape index (κ2) is 9.96. The van der Waals surface area contributed by atoms with Crippen LogP contribution in [0.1, 0.15) is 11.1 Å². The summed E-state index contributed by atoms with van der Waals surface area (Å²) < 4.78 is 11.3. The summed E-state index contributed by atoms with van der Waals surface area (Å²) in [5.74, 6) is 0. The normalized spacial score (nSPS) is 11.8. The highest BCUT2D eigenvalue weighted by atomic mass is 16.3. The van der Waals surface area contributed by atoms with Crippen molar-refractivity contribution in [2.75, 3.05) is 0 Å². The van der Waals surface area contributed by atoms with Gasteiger partial charge in [0, 0.05) is 38.2 Å². The lowest BCUT2D eigenvalue weighted by Crippen LogP contribution is -1.99. The Hall–Kier alpha value is -6.57. The van der Waals surface area contributed by atoms with Gasteiger partial charge in [0.15, 0.2) is 0 Å². The number of aromatic nitrogens is 2. The van der Waals surface area contributed by atoms with Gasteiger partial charge in [0.1, 0.15) is 11.2 Å². The Balaban J connectivity index is 1.30. The number of fused-ring (bicyclic) bond motifs is 10. The van der Waals surface area contributed by atoms with Gasteiger partial charge in [-0.1, -0.05) is 78.9 Å². The molecule has 10 aromatic rings. The summed E-state index contributed by atoms with van der Waals surface area (Å²) in [5, 5.41) is 16.4. The smallest absolute Gasteiger partial charge is 0.145 e. The third-order valence-corrected chi connectivity index (χ3v) is 9.87. The lowest BCUT2D eigenvalue weighted by Gasteiger charge is -2.17. The van der Waals surface area contributed by atoms with Gasteiger partial charge in [-0.15, -0.1) is 0 Å². The Morgan fingerprint density at radius 1 is 0.542 bits per heavy atom. The number of aryl methyl sites for hydroxylation is 1. The molecule has 3 heterocycles. The average molecular weight is 614 g/mol. The third kappa shape index (κ3) is 3.64. The average Bonchev–Trinajstić information content (AvgIpc) is 3.79. The van der Waals surface area contributed by atoms with Crippen molar-refractivity contribution in [3.63, 3.8) is 0 Å². The van der Waals surface area contributed by atoms with Crippen LogP contribution in [0.15, 0.2) is 150 Å². The molecule has 0 spiro atoms. The topological polar surface area (TPSA) is 46.8 Å². The van der Waals surface area contributed by atoms with E-state index in [0.29, 0.717) is 5.56 Å². The number of furan rings is 1. The van der Waals surface area contributed by atoms with Crippen LogP contribution < -0.4 is 0 Å². The molecule has 0 saturated heterocycles. The van der Waals surface area contributed by atoms with Crippen LogP contribution in [-0.4, -0.2) is 9.13 Å². The first-order valence-electron chi connectivity index (χ1n) is 16.2. The third-order valence-electron chi connectivity index (χ3n) is 9.87. The molecule has 0 aliphatic carbocycles. The van der Waals surface area contributed by atoms with E-state index in [1.165, 1.54) is 11.1 Å². The van der Waals surface area contributed by atoms with Crippen molar-refractivity contribution in [1.29, 1.82) is 5.26 Å². The van der Waals surface area contributed by atoms with Crippen molar-refractivity contribution in [3.05, 3.63) is 157 Å². The molecule has 0 N–H and O–H groups in total. The molecule has 48 heavy (non-hydrogen) atoms. The van der Waals surface area contributed by atoms with Crippen molar-refractivity contribution in [3.8, 4) is 28.6 Å². The van der Waals surface area contributed by atoms with Crippen LogP contribution in [0.5, 0.6) is 0 Å². The van der Waals surface area contributed by atoms with Crippen molar-refractivity contribution < 1.29 is 4.42 Å². The second-order valence-electron chi connectivity index (χ2n) is 12.5. The Morgan fingerprint density at radius 2 is 1.29 bits per heavy atom. The summed E-state index contributed by atoms with van der Waals surface area (Å²) in [7, 11) is 0. The zero-order valence-corrected chi connectivity index (χ0v) is 26.1. The van der Waals surface area contributed by atoms with Crippen LogP contribution in [0, 0.1) is 18.3 Å². The molecule has 0 unspecified atom stereocenters. The minimum atomic E-state index is 0.660. The summed E-state index contributed by atoms with van der Waals surface area (Å²) in [6.45, 7) is 2.19. The molecule has 4 heteroatoms. The Labute approximate surface area is 275 Å². The van der Waals surface area contributed by atoms with Crippen molar-refractivity contribution in [1.82, 2.24) is 9.13 Å². The minimum absolute atomic E-state index is 0.660. The largest absolute Gasteiger partial charge is 0.455 e. The fourth-order valence-electron chi connectivity index (χ4n) is 7.81. The summed E-state index contributed by atoms with van der Waals surface area (Å²) in [6, 6.07) is 53.5. The zero-order chi connectivity index (χ0) is 31.9. The number of para-hydroxylation sites is 3. The molecule has 4 nitrogen and oxygen atoms in total. The number of hydrogen-bond donors (Lipinski definition) is 0. The molecule has 224 valence electrons. The lowest BCUT2D eigenvalue weighted by molar-refractivity contribution is 0.673. The molecule has 0 saturated carbocycles. The number of nitrogens with zero attached hydrogens (tertiary/aromatic N) is 3. The van der Waals surface area contributed by atoms with E-state index in [1.807, 2.05) is 24.3 Å². The monoisotopic (exact) mass is 613 g/mol. The highest BCUT2D eigenvalue weighted by Gasteiger charge is 2.21. The standard InChI is InChI=1S/C44H27N3O/c1-27-10-9-16-38(47-36-15-7-5-13-31(36)35-24-28(26-45)18-22-37(35)47)42(27)29-19-20-34-40(25-29)46(30-11-3-2-4-12-30)39-23-21-33-32-14-6-8-17-41(32)48-44(33)43(34)39/h2-25H,1H3. The molecular formula is C44H27N3O. The Morgan fingerprint density at radius 3 is 2.17 bits per heavy atom. The molecule has 0 amide bonds. The maximum atomic E-state index is 9.70. The molecule has 0 atom stereocenters. The lowest BCUT2D eigenvalue weighted by atomic mass is 9.96. The first-order chi connectivity index (χ1) is 23.7. The van der Waals surface area contributed by atoms with Crippen molar-refractivity contribution >= 4 is 65.6 Å². The first-order valence-corrected chi connectivity index (χ1v) is 16.2. The fourth-order valence-corrected chi connectivity index (χ4v) is 7.81. The van der Waals surface area contributed by atoms with E-state index >= 15 is 0 Å². The molecule has 0 fully saturated rings. The minimum Gasteiger partial charge on any atom is -0.455 e. The maximum Gasteiger partial charge on any atom is 0.145 e. The van der Waals surface area contributed by atoms with Crippen molar-refractivity contribution in [2.24, 2.45) is 0 Å². The van der Waals surface area contributed by atoms with Gasteiger partial charge in [0.05, 0.1) is 44.8 Å². The number of benzene rings is 7. The van der Waals surface area contributed by atoms with Gasteiger partial charge >= 0.3 is 0 Å². The van der Waals surface area contributed by atoms with E-state index < -0.39 is 0 Å². The van der Waals surface area contributed by atoms with E-state index in [1.54, 1.807) is 0 Å². The molecule has 10 rings (SSSR count). The van der Waals surface area contributed by atoms with Gasteiger partial charge in [0.2, 0.25) is 0 Å². The highest BCUT2D eigenvalue weighted by Crippen LogP contribution is 2.43. The molecule has 0 radical (unpaired) electrons. The first kappa shape index (κ1) is 26.6.